The van der Waals surface area contributed by atoms with Gasteiger partial charge >= 0.3 is 0 Å². The van der Waals surface area contributed by atoms with Crippen LogP contribution in [0.4, 0.5) is 0 Å². The summed E-state index contributed by atoms with van der Waals surface area (Å²) >= 11 is 1.68. The molecule has 1 amide bonds. The minimum Gasteiger partial charge on any atom is -0.335 e. The lowest BCUT2D eigenvalue weighted by atomic mass is 10.1. The molecule has 2 atom stereocenters. The van der Waals surface area contributed by atoms with Gasteiger partial charge in [0.15, 0.2) is 0 Å². The average Bonchev–Trinajstić information content (AvgIpc) is 2.81. The Morgan fingerprint density at radius 3 is 2.76 bits per heavy atom. The average molecular weight is 253 g/mol. The van der Waals surface area contributed by atoms with E-state index >= 15 is 0 Å². The van der Waals surface area contributed by atoms with E-state index in [1.165, 1.54) is 4.88 Å². The van der Waals surface area contributed by atoms with Gasteiger partial charge in [0, 0.05) is 17.8 Å². The molecule has 94 valence electrons. The predicted molar refractivity (Wildman–Crippen MR) is 68.9 cm³/mol. The third kappa shape index (κ3) is 2.35. The van der Waals surface area contributed by atoms with Crippen molar-refractivity contribution in [3.05, 3.63) is 15.6 Å². The van der Waals surface area contributed by atoms with Crippen LogP contribution in [-0.2, 0) is 4.79 Å². The van der Waals surface area contributed by atoms with E-state index in [-0.39, 0.29) is 11.9 Å². The Hall–Kier alpha value is -0.940. The molecule has 0 spiro atoms. The molecule has 0 saturated carbocycles. The van der Waals surface area contributed by atoms with Crippen LogP contribution in [0.15, 0.2) is 0 Å². The first-order valence-corrected chi connectivity index (χ1v) is 6.78. The van der Waals surface area contributed by atoms with Gasteiger partial charge in [0.1, 0.15) is 0 Å². The molecule has 17 heavy (non-hydrogen) atoms. The van der Waals surface area contributed by atoms with Gasteiger partial charge in [-0.2, -0.15) is 0 Å². The van der Waals surface area contributed by atoms with E-state index < -0.39 is 0 Å². The summed E-state index contributed by atoms with van der Waals surface area (Å²) in [5, 5.41) is 1.06. The van der Waals surface area contributed by atoms with Crippen molar-refractivity contribution >= 4 is 17.2 Å². The maximum atomic E-state index is 11.9. The molecule has 2 unspecified atom stereocenters. The van der Waals surface area contributed by atoms with Crippen LogP contribution in [0, 0.1) is 19.8 Å². The largest absolute Gasteiger partial charge is 0.335 e. The van der Waals surface area contributed by atoms with Crippen molar-refractivity contribution in [3.8, 4) is 0 Å². The molecular formula is C12H19N3OS. The highest BCUT2D eigenvalue weighted by Gasteiger charge is 2.33. The lowest BCUT2D eigenvalue weighted by Gasteiger charge is -2.24. The Morgan fingerprint density at radius 1 is 1.59 bits per heavy atom. The van der Waals surface area contributed by atoms with Crippen LogP contribution in [0.2, 0.25) is 0 Å². The van der Waals surface area contributed by atoms with Crippen LogP contribution >= 0.6 is 11.3 Å². The molecule has 2 N–H and O–H groups in total. The summed E-state index contributed by atoms with van der Waals surface area (Å²) in [4.78, 5) is 19.5. The minimum atomic E-state index is 0.130. The smallest absolute Gasteiger partial charge is 0.223 e. The monoisotopic (exact) mass is 253 g/mol. The van der Waals surface area contributed by atoms with Crippen molar-refractivity contribution in [1.29, 1.82) is 0 Å². The third-order valence-electron chi connectivity index (χ3n) is 3.36. The number of rotatable bonds is 3. The summed E-state index contributed by atoms with van der Waals surface area (Å²) in [6.07, 6.45) is 0.595. The number of amides is 1. The summed E-state index contributed by atoms with van der Waals surface area (Å²) in [6.45, 7) is 7.47. The number of nitrogens with zero attached hydrogens (tertiary/aromatic N) is 2. The van der Waals surface area contributed by atoms with Crippen LogP contribution in [-0.4, -0.2) is 28.9 Å². The van der Waals surface area contributed by atoms with Crippen LogP contribution in [0.1, 0.15) is 35.0 Å². The molecule has 2 rings (SSSR count). The summed E-state index contributed by atoms with van der Waals surface area (Å²) < 4.78 is 0. The number of thiazole rings is 1. The summed E-state index contributed by atoms with van der Waals surface area (Å²) in [5.41, 5.74) is 6.69. The maximum Gasteiger partial charge on any atom is 0.223 e. The first-order chi connectivity index (χ1) is 8.02. The van der Waals surface area contributed by atoms with Gasteiger partial charge in [0.05, 0.1) is 16.7 Å². The Kier molecular flexibility index (Phi) is 3.49. The zero-order chi connectivity index (χ0) is 12.6. The lowest BCUT2D eigenvalue weighted by molar-refractivity contribution is -0.129. The fourth-order valence-electron chi connectivity index (χ4n) is 2.42. The van der Waals surface area contributed by atoms with E-state index in [1.807, 2.05) is 18.7 Å². The number of likely N-dealkylation sites (tertiary alicyclic amines) is 1. The summed E-state index contributed by atoms with van der Waals surface area (Å²) in [5.74, 6) is 0.540. The van der Waals surface area contributed by atoms with Crippen molar-refractivity contribution in [2.24, 2.45) is 11.7 Å². The number of hydrogen-bond acceptors (Lipinski definition) is 4. The van der Waals surface area contributed by atoms with E-state index in [9.17, 15) is 4.79 Å². The first kappa shape index (κ1) is 12.5. The highest BCUT2D eigenvalue weighted by Crippen LogP contribution is 2.32. The predicted octanol–water partition coefficient (Wildman–Crippen LogP) is 1.63. The maximum absolute atomic E-state index is 11.9. The quantitative estimate of drug-likeness (QED) is 0.890. The molecule has 1 aliphatic heterocycles. The standard InChI is InChI=1S/C12H19N3OS/c1-7-12(17-9(3)14-7)8(2)15-6-10(5-13)4-11(15)16/h8,10H,4-6,13H2,1-3H3. The Balaban J connectivity index is 2.18. The summed E-state index contributed by atoms with van der Waals surface area (Å²) in [6, 6.07) is 0.130. The molecular weight excluding hydrogens is 234 g/mol. The zero-order valence-electron chi connectivity index (χ0n) is 10.6. The number of carbonyl (C=O) groups excluding carboxylic acids is 1. The fourth-order valence-corrected chi connectivity index (χ4v) is 3.41. The van der Waals surface area contributed by atoms with Gasteiger partial charge < -0.3 is 10.6 Å². The second kappa shape index (κ2) is 4.74. The second-order valence-electron chi connectivity index (χ2n) is 4.71. The molecule has 2 heterocycles. The van der Waals surface area contributed by atoms with Gasteiger partial charge in [-0.15, -0.1) is 11.3 Å². The van der Waals surface area contributed by atoms with Crippen LogP contribution in [0.25, 0.3) is 0 Å². The topological polar surface area (TPSA) is 59.2 Å². The molecule has 1 aromatic rings. The number of nitrogens with two attached hydrogens (primary N) is 1. The van der Waals surface area contributed by atoms with Gasteiger partial charge in [0.25, 0.3) is 0 Å². The Bertz CT molecular complexity index is 429. The van der Waals surface area contributed by atoms with Crippen molar-refractivity contribution in [2.75, 3.05) is 13.1 Å². The van der Waals surface area contributed by atoms with Crippen molar-refractivity contribution in [3.63, 3.8) is 0 Å². The second-order valence-corrected chi connectivity index (χ2v) is 5.95. The van der Waals surface area contributed by atoms with Crippen molar-refractivity contribution < 1.29 is 4.79 Å². The molecule has 5 heteroatoms. The molecule has 0 aromatic carbocycles. The van der Waals surface area contributed by atoms with E-state index in [0.717, 1.165) is 17.2 Å². The van der Waals surface area contributed by atoms with Gasteiger partial charge in [-0.3, -0.25) is 4.79 Å². The minimum absolute atomic E-state index is 0.130. The highest BCUT2D eigenvalue weighted by molar-refractivity contribution is 7.11. The SMILES string of the molecule is Cc1nc(C)c(C(C)N2CC(CN)CC2=O)s1. The van der Waals surface area contributed by atoms with E-state index in [1.54, 1.807) is 11.3 Å². The molecule has 1 aliphatic rings. The molecule has 1 fully saturated rings. The van der Waals surface area contributed by atoms with E-state index in [0.29, 0.717) is 18.9 Å². The lowest BCUT2D eigenvalue weighted by Crippen LogP contribution is -2.29. The number of aryl methyl sites for hydroxylation is 2. The van der Waals surface area contributed by atoms with Crippen LogP contribution in [0.5, 0.6) is 0 Å². The van der Waals surface area contributed by atoms with E-state index in [2.05, 4.69) is 11.9 Å². The van der Waals surface area contributed by atoms with E-state index in [4.69, 9.17) is 5.73 Å². The highest BCUT2D eigenvalue weighted by atomic mass is 32.1. The number of hydrogen-bond donors (Lipinski definition) is 1. The molecule has 1 aromatic heterocycles. The molecule has 1 saturated heterocycles. The molecule has 0 bridgehead atoms. The third-order valence-corrected chi connectivity index (χ3v) is 4.60. The van der Waals surface area contributed by atoms with Crippen molar-refractivity contribution in [1.82, 2.24) is 9.88 Å². The number of aromatic nitrogens is 1. The summed E-state index contributed by atoms with van der Waals surface area (Å²) in [7, 11) is 0. The molecule has 0 radical (unpaired) electrons. The van der Waals surface area contributed by atoms with Crippen LogP contribution < -0.4 is 5.73 Å². The van der Waals surface area contributed by atoms with Gasteiger partial charge in [-0.05, 0) is 33.2 Å². The normalized spacial score (nSPS) is 22.2. The van der Waals surface area contributed by atoms with Gasteiger partial charge in [0.2, 0.25) is 5.91 Å². The Labute approximate surface area is 106 Å². The first-order valence-electron chi connectivity index (χ1n) is 5.96. The van der Waals surface area contributed by atoms with Gasteiger partial charge in [-0.1, -0.05) is 0 Å². The molecule has 4 nitrogen and oxygen atoms in total. The Morgan fingerprint density at radius 2 is 2.29 bits per heavy atom. The fraction of sp³-hybridized carbons (Fsp3) is 0.667. The molecule has 0 aliphatic carbocycles. The van der Waals surface area contributed by atoms with Crippen molar-refractivity contribution in [2.45, 2.75) is 33.2 Å². The number of carbonyl (C=O) groups is 1. The zero-order valence-corrected chi connectivity index (χ0v) is 11.4. The van der Waals surface area contributed by atoms with Gasteiger partial charge in [-0.25, -0.2) is 4.98 Å². The van der Waals surface area contributed by atoms with Crippen LogP contribution in [0.3, 0.4) is 0 Å².